The summed E-state index contributed by atoms with van der Waals surface area (Å²) >= 11 is 0. The van der Waals surface area contributed by atoms with Crippen molar-refractivity contribution < 1.29 is 14.6 Å². The molecular weight excluding hydrogens is 204 g/mol. The van der Waals surface area contributed by atoms with Gasteiger partial charge < -0.3 is 14.6 Å². The second-order valence-electron chi connectivity index (χ2n) is 4.59. The standard InChI is InChI=1S/C9H16O.C3H6O.CH2O/c1-8(6-5-7-10)9(2,3)4;1-3-2-4-3;1-2/h5-7,10H,1-4H3;3H,2H2,1H3;1H2. The molecule has 1 saturated heterocycles. The van der Waals surface area contributed by atoms with Crippen molar-refractivity contribution in [2.24, 2.45) is 5.41 Å². The Balaban J connectivity index is 0. The molecule has 0 radical (unpaired) electrons. The monoisotopic (exact) mass is 228 g/mol. The zero-order chi connectivity index (χ0) is 13.2. The zero-order valence-corrected chi connectivity index (χ0v) is 11.0. The van der Waals surface area contributed by atoms with Gasteiger partial charge in [0.2, 0.25) is 0 Å². The average Bonchev–Trinajstić information content (AvgIpc) is 2.99. The minimum absolute atomic E-state index is 0.208. The molecule has 1 rings (SSSR count). The van der Waals surface area contributed by atoms with Gasteiger partial charge in [0.25, 0.3) is 0 Å². The second kappa shape index (κ2) is 9.16. The molecule has 0 spiro atoms. The average molecular weight is 228 g/mol. The first kappa shape index (κ1) is 17.3. The fraction of sp³-hybridized carbons (Fsp3) is 0.615. The summed E-state index contributed by atoms with van der Waals surface area (Å²) in [6, 6.07) is 0. The van der Waals surface area contributed by atoms with Crippen LogP contribution in [-0.2, 0) is 9.53 Å². The molecule has 1 fully saturated rings. The molecule has 0 aliphatic carbocycles. The number of allylic oxidation sites excluding steroid dienone is 3. The van der Waals surface area contributed by atoms with Crippen molar-refractivity contribution in [3.05, 3.63) is 24.0 Å². The second-order valence-corrected chi connectivity index (χ2v) is 4.59. The van der Waals surface area contributed by atoms with Crippen LogP contribution >= 0.6 is 0 Å². The molecule has 3 heteroatoms. The molecule has 0 saturated carbocycles. The van der Waals surface area contributed by atoms with Gasteiger partial charge in [0, 0.05) is 0 Å². The van der Waals surface area contributed by atoms with Crippen LogP contribution in [0.15, 0.2) is 24.0 Å². The summed E-state index contributed by atoms with van der Waals surface area (Å²) in [5.74, 6) is 0. The number of hydrogen-bond donors (Lipinski definition) is 1. The normalized spacial score (nSPS) is 19.3. The lowest BCUT2D eigenvalue weighted by molar-refractivity contribution is -0.0979. The van der Waals surface area contributed by atoms with Crippen molar-refractivity contribution in [2.45, 2.75) is 40.7 Å². The van der Waals surface area contributed by atoms with Crippen molar-refractivity contribution in [2.75, 3.05) is 6.61 Å². The lowest BCUT2D eigenvalue weighted by Gasteiger charge is -2.18. The number of epoxide rings is 1. The highest BCUT2D eigenvalue weighted by molar-refractivity contribution is 5.14. The Labute approximate surface area is 98.8 Å². The van der Waals surface area contributed by atoms with Crippen molar-refractivity contribution in [3.63, 3.8) is 0 Å². The summed E-state index contributed by atoms with van der Waals surface area (Å²) in [4.78, 5) is 8.00. The van der Waals surface area contributed by atoms with Gasteiger partial charge in [-0.15, -0.1) is 0 Å². The predicted molar refractivity (Wildman–Crippen MR) is 67.5 cm³/mol. The van der Waals surface area contributed by atoms with Gasteiger partial charge >= 0.3 is 0 Å². The molecule has 94 valence electrons. The number of aliphatic hydroxyl groups is 1. The van der Waals surface area contributed by atoms with Crippen LogP contribution in [0.1, 0.15) is 34.6 Å². The Kier molecular flexibility index (Phi) is 9.91. The van der Waals surface area contributed by atoms with Crippen molar-refractivity contribution >= 4 is 6.79 Å². The number of aliphatic hydroxyl groups excluding tert-OH is 1. The summed E-state index contributed by atoms with van der Waals surface area (Å²) in [5, 5.41) is 8.36. The zero-order valence-electron chi connectivity index (χ0n) is 11.0. The smallest absolute Gasteiger partial charge is 0.106 e. The van der Waals surface area contributed by atoms with E-state index in [0.717, 1.165) is 12.9 Å². The van der Waals surface area contributed by atoms with E-state index < -0.39 is 0 Å². The largest absolute Gasteiger partial charge is 0.516 e. The fourth-order valence-electron chi connectivity index (χ4n) is 0.534. The Morgan fingerprint density at radius 3 is 2.00 bits per heavy atom. The summed E-state index contributed by atoms with van der Waals surface area (Å²) < 4.78 is 4.71. The highest BCUT2D eigenvalue weighted by Gasteiger charge is 2.13. The first-order chi connectivity index (χ1) is 7.38. The van der Waals surface area contributed by atoms with Crippen LogP contribution in [-0.4, -0.2) is 24.6 Å². The summed E-state index contributed by atoms with van der Waals surface area (Å²) in [6.45, 7) is 13.5. The van der Waals surface area contributed by atoms with E-state index in [1.807, 2.05) is 12.9 Å². The van der Waals surface area contributed by atoms with E-state index in [0.29, 0.717) is 6.10 Å². The van der Waals surface area contributed by atoms with E-state index in [2.05, 4.69) is 34.6 Å². The van der Waals surface area contributed by atoms with Gasteiger partial charge in [0.1, 0.15) is 6.79 Å². The number of carbonyl (C=O) groups is 1. The minimum Gasteiger partial charge on any atom is -0.516 e. The Hall–Kier alpha value is -1.09. The van der Waals surface area contributed by atoms with Crippen molar-refractivity contribution in [1.82, 2.24) is 0 Å². The molecule has 0 amide bonds. The lowest BCUT2D eigenvalue weighted by Crippen LogP contribution is -2.05. The summed E-state index contributed by atoms with van der Waals surface area (Å²) in [6.07, 6.45) is 5.19. The number of ether oxygens (including phenoxy) is 1. The first-order valence-electron chi connectivity index (χ1n) is 5.26. The topological polar surface area (TPSA) is 49.8 Å². The fourth-order valence-corrected chi connectivity index (χ4v) is 0.534. The van der Waals surface area contributed by atoms with Crippen LogP contribution in [0.25, 0.3) is 0 Å². The van der Waals surface area contributed by atoms with Crippen molar-refractivity contribution in [3.8, 4) is 0 Å². The molecule has 3 nitrogen and oxygen atoms in total. The third-order valence-corrected chi connectivity index (χ3v) is 2.12. The van der Waals surface area contributed by atoms with E-state index >= 15 is 0 Å². The van der Waals surface area contributed by atoms with Gasteiger partial charge in [-0.1, -0.05) is 32.4 Å². The molecule has 1 heterocycles. The predicted octanol–water partition coefficient (Wildman–Crippen LogP) is 3.27. The van der Waals surface area contributed by atoms with Gasteiger partial charge in [0.15, 0.2) is 0 Å². The molecule has 0 aromatic heterocycles. The van der Waals surface area contributed by atoms with E-state index in [-0.39, 0.29) is 5.41 Å². The molecule has 0 aromatic rings. The van der Waals surface area contributed by atoms with Crippen LogP contribution in [0.4, 0.5) is 0 Å². The number of hydrogen-bond acceptors (Lipinski definition) is 3. The summed E-state index contributed by atoms with van der Waals surface area (Å²) in [7, 11) is 0. The Bertz CT molecular complexity index is 220. The molecule has 1 aliphatic heterocycles. The molecule has 16 heavy (non-hydrogen) atoms. The molecule has 1 N–H and O–H groups in total. The van der Waals surface area contributed by atoms with Crippen molar-refractivity contribution in [1.29, 1.82) is 0 Å². The molecule has 1 aliphatic rings. The molecular formula is C13H24O3. The Morgan fingerprint density at radius 2 is 1.81 bits per heavy atom. The molecule has 1 unspecified atom stereocenters. The number of carbonyl (C=O) groups excluding carboxylic acids is 1. The highest BCUT2D eigenvalue weighted by atomic mass is 16.6. The third kappa shape index (κ3) is 12.9. The van der Waals surface area contributed by atoms with Gasteiger partial charge in [0.05, 0.1) is 19.0 Å². The van der Waals surface area contributed by atoms with E-state index in [4.69, 9.17) is 14.6 Å². The highest BCUT2D eigenvalue weighted by Crippen LogP contribution is 2.23. The van der Waals surface area contributed by atoms with E-state index in [1.54, 1.807) is 6.08 Å². The van der Waals surface area contributed by atoms with E-state index in [9.17, 15) is 0 Å². The van der Waals surface area contributed by atoms with Crippen LogP contribution in [0.3, 0.4) is 0 Å². The van der Waals surface area contributed by atoms with Crippen LogP contribution < -0.4 is 0 Å². The van der Waals surface area contributed by atoms with Gasteiger partial charge in [-0.2, -0.15) is 0 Å². The molecule has 0 bridgehead atoms. The molecule has 1 atom stereocenters. The van der Waals surface area contributed by atoms with Crippen LogP contribution in [0.2, 0.25) is 0 Å². The third-order valence-electron chi connectivity index (χ3n) is 2.12. The quantitative estimate of drug-likeness (QED) is 0.425. The maximum atomic E-state index is 8.36. The maximum Gasteiger partial charge on any atom is 0.106 e. The van der Waals surface area contributed by atoms with Gasteiger partial charge in [-0.25, -0.2) is 0 Å². The summed E-state index contributed by atoms with van der Waals surface area (Å²) in [5.41, 5.74) is 1.47. The minimum atomic E-state index is 0.208. The van der Waals surface area contributed by atoms with E-state index in [1.165, 1.54) is 5.57 Å². The van der Waals surface area contributed by atoms with Crippen LogP contribution in [0.5, 0.6) is 0 Å². The SMILES string of the molecule is C=O.CC(=CC=CO)C(C)(C)C.CC1CO1. The number of rotatable bonds is 1. The van der Waals surface area contributed by atoms with Crippen LogP contribution in [0, 0.1) is 5.41 Å². The lowest BCUT2D eigenvalue weighted by atomic mass is 9.87. The molecule has 0 aromatic carbocycles. The van der Waals surface area contributed by atoms with Gasteiger partial charge in [-0.3, -0.25) is 0 Å². The first-order valence-corrected chi connectivity index (χ1v) is 5.26. The van der Waals surface area contributed by atoms with Gasteiger partial charge in [-0.05, 0) is 25.3 Å². The Morgan fingerprint density at radius 1 is 1.44 bits per heavy atom. The maximum absolute atomic E-state index is 8.36.